The molecule has 1 amide bonds. The van der Waals surface area contributed by atoms with Crippen molar-refractivity contribution in [2.45, 2.75) is 0 Å². The summed E-state index contributed by atoms with van der Waals surface area (Å²) >= 11 is 5.24. The van der Waals surface area contributed by atoms with Gasteiger partial charge in [0.2, 0.25) is 5.91 Å². The van der Waals surface area contributed by atoms with Gasteiger partial charge in [0.1, 0.15) is 5.88 Å². The van der Waals surface area contributed by atoms with E-state index < -0.39 is 22.3 Å². The largest absolute Gasteiger partial charge is 0.502 e. The summed E-state index contributed by atoms with van der Waals surface area (Å²) in [5, 5.41) is 21.9. The number of aromatic hydroxyl groups is 1. The van der Waals surface area contributed by atoms with Gasteiger partial charge in [0.15, 0.2) is 5.75 Å². The zero-order valence-electron chi connectivity index (χ0n) is 7.44. The minimum absolute atomic E-state index is 0.213. The van der Waals surface area contributed by atoms with E-state index in [2.05, 4.69) is 5.32 Å². The topological polar surface area (TPSA) is 92.5 Å². The molecule has 80 valence electrons. The number of carbonyl (C=O) groups excluding carboxylic acids is 1. The molecule has 0 saturated carbocycles. The van der Waals surface area contributed by atoms with Gasteiger partial charge in [0.25, 0.3) is 0 Å². The van der Waals surface area contributed by atoms with Gasteiger partial charge in [0.05, 0.1) is 4.92 Å². The number of nitrogens with zero attached hydrogens (tertiary/aromatic N) is 1. The van der Waals surface area contributed by atoms with Crippen molar-refractivity contribution >= 4 is 28.9 Å². The predicted octanol–water partition coefficient (Wildman–Crippen LogP) is 1.48. The maximum Gasteiger partial charge on any atom is 0.312 e. The lowest BCUT2D eigenvalue weighted by atomic mass is 10.2. The van der Waals surface area contributed by atoms with Crippen molar-refractivity contribution in [3.8, 4) is 5.75 Å². The highest BCUT2D eigenvalue weighted by Gasteiger charge is 2.14. The highest BCUT2D eigenvalue weighted by atomic mass is 35.5. The molecule has 1 aromatic carbocycles. The smallest absolute Gasteiger partial charge is 0.312 e. The van der Waals surface area contributed by atoms with Gasteiger partial charge >= 0.3 is 5.69 Å². The highest BCUT2D eigenvalue weighted by Crippen LogP contribution is 2.28. The first kappa shape index (κ1) is 11.3. The molecule has 0 fully saturated rings. The molecular formula is C8H7ClN2O4. The van der Waals surface area contributed by atoms with Crippen LogP contribution in [-0.4, -0.2) is 21.8 Å². The van der Waals surface area contributed by atoms with Crippen molar-refractivity contribution in [1.82, 2.24) is 0 Å². The number of halogens is 1. The normalized spacial score (nSPS) is 9.67. The fourth-order valence-corrected chi connectivity index (χ4v) is 1.01. The lowest BCUT2D eigenvalue weighted by molar-refractivity contribution is -0.385. The van der Waals surface area contributed by atoms with Crippen LogP contribution < -0.4 is 5.32 Å². The molecule has 0 spiro atoms. The minimum Gasteiger partial charge on any atom is -0.502 e. The number of phenols is 1. The van der Waals surface area contributed by atoms with E-state index in [1.165, 1.54) is 6.07 Å². The number of carbonyl (C=O) groups is 1. The summed E-state index contributed by atoms with van der Waals surface area (Å²) in [6.45, 7) is 0. The molecule has 0 unspecified atom stereocenters. The lowest BCUT2D eigenvalue weighted by Gasteiger charge is -2.03. The Labute approximate surface area is 89.6 Å². The van der Waals surface area contributed by atoms with Gasteiger partial charge in [-0.3, -0.25) is 14.9 Å². The fraction of sp³-hybridized carbons (Fsp3) is 0.125. The molecule has 2 N–H and O–H groups in total. The SMILES string of the molecule is O=C(CCl)Nc1ccc(O)c([N+](=O)[O-])c1. The van der Waals surface area contributed by atoms with Gasteiger partial charge in [-0.2, -0.15) is 0 Å². The number of anilines is 1. The molecule has 0 aliphatic heterocycles. The first-order chi connectivity index (χ1) is 7.04. The fourth-order valence-electron chi connectivity index (χ4n) is 0.942. The van der Waals surface area contributed by atoms with Crippen molar-refractivity contribution in [2.75, 3.05) is 11.2 Å². The van der Waals surface area contributed by atoms with Crippen molar-refractivity contribution in [3.63, 3.8) is 0 Å². The quantitative estimate of drug-likeness (QED) is 0.356. The van der Waals surface area contributed by atoms with Gasteiger partial charge in [0, 0.05) is 11.8 Å². The lowest BCUT2D eigenvalue weighted by Crippen LogP contribution is -2.12. The van der Waals surface area contributed by atoms with Crippen molar-refractivity contribution in [3.05, 3.63) is 28.3 Å². The summed E-state index contributed by atoms with van der Waals surface area (Å²) in [5.41, 5.74) is -0.257. The summed E-state index contributed by atoms with van der Waals surface area (Å²) in [6, 6.07) is 3.52. The van der Waals surface area contributed by atoms with Crippen molar-refractivity contribution < 1.29 is 14.8 Å². The molecule has 0 bridgehead atoms. The maximum atomic E-state index is 10.9. The van der Waals surface area contributed by atoms with E-state index in [-0.39, 0.29) is 11.6 Å². The van der Waals surface area contributed by atoms with E-state index in [4.69, 9.17) is 16.7 Å². The molecule has 0 aromatic heterocycles. The number of alkyl halides is 1. The van der Waals surface area contributed by atoms with Gasteiger partial charge in [-0.1, -0.05) is 0 Å². The number of hydrogen-bond acceptors (Lipinski definition) is 4. The van der Waals surface area contributed by atoms with E-state index in [0.29, 0.717) is 0 Å². The third kappa shape index (κ3) is 2.81. The second kappa shape index (κ2) is 4.61. The third-order valence-electron chi connectivity index (χ3n) is 1.58. The molecule has 7 heteroatoms. The van der Waals surface area contributed by atoms with E-state index in [0.717, 1.165) is 12.1 Å². The molecule has 0 aliphatic carbocycles. The number of phenolic OH excluding ortho intramolecular Hbond substituents is 1. The van der Waals surface area contributed by atoms with Crippen LogP contribution in [0.4, 0.5) is 11.4 Å². The molecule has 0 atom stereocenters. The van der Waals surface area contributed by atoms with E-state index >= 15 is 0 Å². The average Bonchev–Trinajstić information content (AvgIpc) is 2.20. The molecular weight excluding hydrogens is 224 g/mol. The summed E-state index contributed by atoms with van der Waals surface area (Å²) < 4.78 is 0. The number of benzene rings is 1. The van der Waals surface area contributed by atoms with Gasteiger partial charge in [-0.05, 0) is 12.1 Å². The Bertz CT molecular complexity index is 408. The highest BCUT2D eigenvalue weighted by molar-refractivity contribution is 6.29. The van der Waals surface area contributed by atoms with Crippen LogP contribution in [-0.2, 0) is 4.79 Å². The monoisotopic (exact) mass is 230 g/mol. The molecule has 15 heavy (non-hydrogen) atoms. The Morgan fingerprint density at radius 1 is 1.60 bits per heavy atom. The third-order valence-corrected chi connectivity index (χ3v) is 1.82. The average molecular weight is 231 g/mol. The van der Waals surface area contributed by atoms with Crippen LogP contribution in [0.1, 0.15) is 0 Å². The van der Waals surface area contributed by atoms with Gasteiger partial charge in [-0.25, -0.2) is 0 Å². The first-order valence-corrected chi connectivity index (χ1v) is 4.41. The summed E-state index contributed by atoms with van der Waals surface area (Å²) in [7, 11) is 0. The number of nitro groups is 1. The predicted molar refractivity (Wildman–Crippen MR) is 54.1 cm³/mol. The van der Waals surface area contributed by atoms with Crippen molar-refractivity contribution in [2.24, 2.45) is 0 Å². The summed E-state index contributed by atoms with van der Waals surface area (Å²) in [6.07, 6.45) is 0. The Kier molecular flexibility index (Phi) is 3.46. The zero-order valence-corrected chi connectivity index (χ0v) is 8.19. The number of rotatable bonds is 3. The molecule has 0 saturated heterocycles. The molecule has 1 aromatic rings. The summed E-state index contributed by atoms with van der Waals surface area (Å²) in [5.74, 6) is -1.17. The number of nitro benzene ring substituents is 1. The Morgan fingerprint density at radius 3 is 2.80 bits per heavy atom. The molecule has 1 rings (SSSR count). The van der Waals surface area contributed by atoms with Crippen LogP contribution in [0.5, 0.6) is 5.75 Å². The number of nitrogens with one attached hydrogen (secondary N) is 1. The van der Waals surface area contributed by atoms with E-state index in [1.54, 1.807) is 0 Å². The Balaban J connectivity index is 2.97. The molecule has 0 aliphatic rings. The van der Waals surface area contributed by atoms with Crippen LogP contribution in [0.3, 0.4) is 0 Å². The van der Waals surface area contributed by atoms with E-state index in [1.807, 2.05) is 0 Å². The second-order valence-electron chi connectivity index (χ2n) is 2.64. The Morgan fingerprint density at radius 2 is 2.27 bits per heavy atom. The minimum atomic E-state index is -0.744. The molecule has 0 heterocycles. The van der Waals surface area contributed by atoms with Gasteiger partial charge in [-0.15, -0.1) is 11.6 Å². The second-order valence-corrected chi connectivity index (χ2v) is 2.91. The molecule has 6 nitrogen and oxygen atoms in total. The maximum absolute atomic E-state index is 10.9. The van der Waals surface area contributed by atoms with Crippen LogP contribution in [0.25, 0.3) is 0 Å². The first-order valence-electron chi connectivity index (χ1n) is 3.88. The standard InChI is InChI=1S/C8H7ClN2O4/c9-4-8(13)10-5-1-2-7(12)6(3-5)11(14)15/h1-3,12H,4H2,(H,10,13). The van der Waals surface area contributed by atoms with E-state index in [9.17, 15) is 14.9 Å². The zero-order chi connectivity index (χ0) is 11.4. The van der Waals surface area contributed by atoms with Crippen LogP contribution in [0, 0.1) is 10.1 Å². The van der Waals surface area contributed by atoms with Crippen LogP contribution in [0.2, 0.25) is 0 Å². The number of hydrogen-bond donors (Lipinski definition) is 2. The van der Waals surface area contributed by atoms with Crippen LogP contribution >= 0.6 is 11.6 Å². The van der Waals surface area contributed by atoms with Crippen LogP contribution in [0.15, 0.2) is 18.2 Å². The molecule has 0 radical (unpaired) electrons. The number of amides is 1. The Hall–Kier alpha value is -1.82. The summed E-state index contributed by atoms with van der Waals surface area (Å²) in [4.78, 5) is 20.6. The van der Waals surface area contributed by atoms with Gasteiger partial charge < -0.3 is 10.4 Å². The van der Waals surface area contributed by atoms with Crippen molar-refractivity contribution in [1.29, 1.82) is 0 Å².